The van der Waals surface area contributed by atoms with Crippen LogP contribution in [-0.2, 0) is 16.0 Å². The van der Waals surface area contributed by atoms with Gasteiger partial charge in [0.15, 0.2) is 0 Å². The van der Waals surface area contributed by atoms with E-state index in [4.69, 9.17) is 0 Å². The summed E-state index contributed by atoms with van der Waals surface area (Å²) in [7, 11) is 0. The van der Waals surface area contributed by atoms with E-state index in [1.165, 1.54) is 6.08 Å². The maximum atomic E-state index is 12.1. The number of hydrogen-bond acceptors (Lipinski definition) is 2. The maximum absolute atomic E-state index is 12.1. The summed E-state index contributed by atoms with van der Waals surface area (Å²) in [5.74, 6) is -1.50. The van der Waals surface area contributed by atoms with Crippen LogP contribution in [0, 0.1) is 0 Å². The Kier molecular flexibility index (Phi) is 4.95. The number of aromatic amines is 1. The Bertz CT molecular complexity index is 913. The van der Waals surface area contributed by atoms with Crippen molar-refractivity contribution in [1.29, 1.82) is 0 Å². The van der Waals surface area contributed by atoms with Gasteiger partial charge in [0.1, 0.15) is 6.04 Å². The fourth-order valence-corrected chi connectivity index (χ4v) is 2.68. The van der Waals surface area contributed by atoms with Gasteiger partial charge in [0.25, 0.3) is 0 Å². The number of hydrogen-bond donors (Lipinski definition) is 3. The lowest BCUT2D eigenvalue weighted by Gasteiger charge is -2.12. The fraction of sp³-hybridized carbons (Fsp3) is 0.100. The highest BCUT2D eigenvalue weighted by atomic mass is 16.4. The van der Waals surface area contributed by atoms with E-state index < -0.39 is 17.9 Å². The molecule has 0 radical (unpaired) electrons. The molecule has 2 aromatic carbocycles. The third-order valence-corrected chi connectivity index (χ3v) is 3.94. The Morgan fingerprint density at radius 1 is 1.08 bits per heavy atom. The Morgan fingerprint density at radius 2 is 1.80 bits per heavy atom. The van der Waals surface area contributed by atoms with Crippen LogP contribution in [0.4, 0.5) is 0 Å². The van der Waals surface area contributed by atoms with Gasteiger partial charge in [-0.15, -0.1) is 0 Å². The van der Waals surface area contributed by atoms with Crippen LogP contribution in [0.2, 0.25) is 0 Å². The number of benzene rings is 2. The van der Waals surface area contributed by atoms with Crippen LogP contribution in [-0.4, -0.2) is 28.0 Å². The fourth-order valence-electron chi connectivity index (χ4n) is 2.68. The van der Waals surface area contributed by atoms with Crippen molar-refractivity contribution in [3.8, 4) is 0 Å². The molecule has 0 aliphatic heterocycles. The second kappa shape index (κ2) is 7.49. The van der Waals surface area contributed by atoms with Gasteiger partial charge >= 0.3 is 5.97 Å². The molecule has 0 unspecified atom stereocenters. The lowest BCUT2D eigenvalue weighted by Crippen LogP contribution is -2.41. The molecule has 1 heterocycles. The summed E-state index contributed by atoms with van der Waals surface area (Å²) >= 11 is 0. The van der Waals surface area contributed by atoms with Gasteiger partial charge in [0, 0.05) is 29.6 Å². The number of aliphatic carboxylic acids is 1. The SMILES string of the molecule is O=C(C=Cc1ccccc1)N[C@H](Cc1c[nH]c2ccccc12)C(=O)O. The smallest absolute Gasteiger partial charge is 0.326 e. The summed E-state index contributed by atoms with van der Waals surface area (Å²) in [6, 6.07) is 16.0. The molecule has 0 spiro atoms. The number of nitrogens with one attached hydrogen (secondary N) is 2. The second-order valence-electron chi connectivity index (χ2n) is 5.71. The lowest BCUT2D eigenvalue weighted by atomic mass is 10.0. The van der Waals surface area contributed by atoms with Gasteiger partial charge < -0.3 is 15.4 Å². The zero-order chi connectivity index (χ0) is 17.6. The zero-order valence-electron chi connectivity index (χ0n) is 13.5. The average molecular weight is 334 g/mol. The third-order valence-electron chi connectivity index (χ3n) is 3.94. The van der Waals surface area contributed by atoms with E-state index in [1.54, 1.807) is 12.3 Å². The van der Waals surface area contributed by atoms with Crippen molar-refractivity contribution >= 4 is 28.9 Å². The summed E-state index contributed by atoms with van der Waals surface area (Å²) in [6.45, 7) is 0. The molecule has 0 saturated carbocycles. The number of carboxylic acid groups (broad SMARTS) is 1. The largest absolute Gasteiger partial charge is 0.480 e. The molecule has 0 saturated heterocycles. The first-order valence-corrected chi connectivity index (χ1v) is 7.95. The lowest BCUT2D eigenvalue weighted by molar-refractivity contribution is -0.141. The summed E-state index contributed by atoms with van der Waals surface area (Å²) in [6.07, 6.45) is 5.00. The van der Waals surface area contributed by atoms with E-state index in [2.05, 4.69) is 10.3 Å². The molecule has 3 aromatic rings. The van der Waals surface area contributed by atoms with E-state index in [1.807, 2.05) is 54.6 Å². The second-order valence-corrected chi connectivity index (χ2v) is 5.71. The molecular weight excluding hydrogens is 316 g/mol. The third kappa shape index (κ3) is 4.14. The summed E-state index contributed by atoms with van der Waals surface area (Å²) in [4.78, 5) is 26.7. The van der Waals surface area contributed by atoms with Crippen molar-refractivity contribution in [2.24, 2.45) is 0 Å². The first-order chi connectivity index (χ1) is 12.1. The van der Waals surface area contributed by atoms with E-state index >= 15 is 0 Å². The molecule has 1 amide bonds. The van der Waals surface area contributed by atoms with Crippen molar-refractivity contribution in [2.75, 3.05) is 0 Å². The van der Waals surface area contributed by atoms with Crippen molar-refractivity contribution in [3.05, 3.63) is 78.0 Å². The minimum absolute atomic E-state index is 0.213. The topological polar surface area (TPSA) is 82.2 Å². The van der Waals surface area contributed by atoms with E-state index in [-0.39, 0.29) is 6.42 Å². The van der Waals surface area contributed by atoms with Gasteiger partial charge in [-0.2, -0.15) is 0 Å². The molecule has 0 aliphatic rings. The Labute approximate surface area is 145 Å². The van der Waals surface area contributed by atoms with Gasteiger partial charge in [-0.3, -0.25) is 4.79 Å². The van der Waals surface area contributed by atoms with Gasteiger partial charge in [-0.25, -0.2) is 4.79 Å². The van der Waals surface area contributed by atoms with Gasteiger partial charge in [0.2, 0.25) is 5.91 Å². The van der Waals surface area contributed by atoms with E-state index in [0.29, 0.717) is 0 Å². The minimum Gasteiger partial charge on any atom is -0.480 e. The number of carbonyl (C=O) groups is 2. The molecule has 1 atom stereocenters. The van der Waals surface area contributed by atoms with Gasteiger partial charge in [-0.1, -0.05) is 48.5 Å². The molecular formula is C20H18N2O3. The standard InChI is InChI=1S/C20H18N2O3/c23-19(11-10-14-6-2-1-3-7-14)22-18(20(24)25)12-15-13-21-17-9-5-4-8-16(15)17/h1-11,13,18,21H,12H2,(H,22,23)(H,24,25)/t18-/m1/s1. The van der Waals surface area contributed by atoms with E-state index in [0.717, 1.165) is 22.0 Å². The highest BCUT2D eigenvalue weighted by Crippen LogP contribution is 2.19. The predicted octanol–water partition coefficient (Wildman–Crippen LogP) is 2.99. The summed E-state index contributed by atoms with van der Waals surface area (Å²) < 4.78 is 0. The summed E-state index contributed by atoms with van der Waals surface area (Å²) in [5.41, 5.74) is 2.67. The molecule has 25 heavy (non-hydrogen) atoms. The number of para-hydroxylation sites is 1. The van der Waals surface area contributed by atoms with Crippen LogP contribution >= 0.6 is 0 Å². The molecule has 5 heteroatoms. The minimum atomic E-state index is -1.06. The highest BCUT2D eigenvalue weighted by molar-refractivity contribution is 5.94. The van der Waals surface area contributed by atoms with Crippen molar-refractivity contribution in [1.82, 2.24) is 10.3 Å². The molecule has 1 aromatic heterocycles. The normalized spacial score (nSPS) is 12.3. The van der Waals surface area contributed by atoms with Gasteiger partial charge in [-0.05, 0) is 23.3 Å². The van der Waals surface area contributed by atoms with Crippen LogP contribution in [0.5, 0.6) is 0 Å². The van der Waals surface area contributed by atoms with Crippen LogP contribution in [0.15, 0.2) is 66.9 Å². The Morgan fingerprint density at radius 3 is 2.56 bits per heavy atom. The van der Waals surface area contributed by atoms with Gasteiger partial charge in [0.05, 0.1) is 0 Å². The molecule has 5 nitrogen and oxygen atoms in total. The molecule has 126 valence electrons. The Hall–Kier alpha value is -3.34. The number of amides is 1. The van der Waals surface area contributed by atoms with E-state index in [9.17, 15) is 14.7 Å². The number of H-pyrrole nitrogens is 1. The number of carboxylic acids is 1. The molecule has 0 aliphatic carbocycles. The molecule has 0 bridgehead atoms. The van der Waals surface area contributed by atoms with Crippen LogP contribution < -0.4 is 5.32 Å². The highest BCUT2D eigenvalue weighted by Gasteiger charge is 2.20. The van der Waals surface area contributed by atoms with Crippen molar-refractivity contribution in [3.63, 3.8) is 0 Å². The molecule has 0 fully saturated rings. The number of carbonyl (C=O) groups excluding carboxylic acids is 1. The molecule has 3 N–H and O–H groups in total. The maximum Gasteiger partial charge on any atom is 0.326 e. The average Bonchev–Trinajstić information content (AvgIpc) is 3.03. The number of aromatic nitrogens is 1. The van der Waals surface area contributed by atoms with Crippen LogP contribution in [0.25, 0.3) is 17.0 Å². The monoisotopic (exact) mass is 334 g/mol. The van der Waals surface area contributed by atoms with Crippen LogP contribution in [0.3, 0.4) is 0 Å². The van der Waals surface area contributed by atoms with Crippen molar-refractivity contribution < 1.29 is 14.7 Å². The molecule has 3 rings (SSSR count). The van der Waals surface area contributed by atoms with Crippen LogP contribution in [0.1, 0.15) is 11.1 Å². The Balaban J connectivity index is 1.70. The zero-order valence-corrected chi connectivity index (χ0v) is 13.5. The number of fused-ring (bicyclic) bond motifs is 1. The first-order valence-electron chi connectivity index (χ1n) is 7.95. The first kappa shape index (κ1) is 16.5. The quantitative estimate of drug-likeness (QED) is 0.606. The predicted molar refractivity (Wildman–Crippen MR) is 97.0 cm³/mol. The number of rotatable bonds is 6. The summed E-state index contributed by atoms with van der Waals surface area (Å²) in [5, 5.41) is 12.9. The van der Waals surface area contributed by atoms with Crippen molar-refractivity contribution in [2.45, 2.75) is 12.5 Å².